The Bertz CT molecular complexity index is 761. The molecule has 0 aromatic heterocycles. The molecule has 0 spiro atoms. The van der Waals surface area contributed by atoms with Crippen molar-refractivity contribution >= 4 is 0 Å². The molecule has 248 valence electrons. The third-order valence-electron chi connectivity index (χ3n) is 13.3. The summed E-state index contributed by atoms with van der Waals surface area (Å²) in [6.45, 7) is 14.5. The molecule has 0 bridgehead atoms. The first-order valence-corrected chi connectivity index (χ1v) is 18.7. The molecule has 0 amide bonds. The van der Waals surface area contributed by atoms with Gasteiger partial charge in [0, 0.05) is 70.5 Å². The Balaban J connectivity index is 0.0000000959. The van der Waals surface area contributed by atoms with E-state index in [0.29, 0.717) is 0 Å². The van der Waals surface area contributed by atoms with Gasteiger partial charge in [0.1, 0.15) is 0 Å². The average Bonchev–Trinajstić information content (AvgIpc) is 3.25. The van der Waals surface area contributed by atoms with Gasteiger partial charge in [-0.3, -0.25) is 0 Å². The Morgan fingerprint density at radius 1 is 0.395 bits per heavy atom. The summed E-state index contributed by atoms with van der Waals surface area (Å²) in [5.41, 5.74) is 0. The van der Waals surface area contributed by atoms with E-state index >= 15 is 0 Å². The van der Waals surface area contributed by atoms with Crippen LogP contribution in [-0.2, 0) is 0 Å². The van der Waals surface area contributed by atoms with Crippen LogP contribution in [0.2, 0.25) is 0 Å². The number of nitrogens with one attached hydrogen (secondary N) is 2. The Morgan fingerprint density at radius 2 is 0.814 bits per heavy atom. The number of rotatable bonds is 0. The fraction of sp³-hybridized carbons (Fsp3) is 1.00. The first-order chi connectivity index (χ1) is 20.9. The molecule has 2 N–H and O–H groups in total. The van der Waals surface area contributed by atoms with Gasteiger partial charge in [0.25, 0.3) is 0 Å². The maximum Gasteiger partial charge on any atom is 0.0157 e. The van der Waals surface area contributed by atoms with E-state index in [4.69, 9.17) is 0 Å². The maximum absolute atomic E-state index is 3.42. The Morgan fingerprint density at radius 3 is 1.19 bits per heavy atom. The van der Waals surface area contributed by atoms with Crippen LogP contribution in [0.5, 0.6) is 0 Å². The summed E-state index contributed by atoms with van der Waals surface area (Å²) in [6.07, 6.45) is 14.8. The van der Waals surface area contributed by atoms with Crippen molar-refractivity contribution in [3.05, 3.63) is 0 Å². The second-order valence-electron chi connectivity index (χ2n) is 16.7. The van der Waals surface area contributed by atoms with E-state index in [1.807, 2.05) is 0 Å². The van der Waals surface area contributed by atoms with Gasteiger partial charge >= 0.3 is 0 Å². The fourth-order valence-corrected chi connectivity index (χ4v) is 10.5. The lowest BCUT2D eigenvalue weighted by molar-refractivity contribution is 0.00885. The van der Waals surface area contributed by atoms with Gasteiger partial charge in [0.15, 0.2) is 0 Å². The highest BCUT2D eigenvalue weighted by Crippen LogP contribution is 2.44. The number of piperidine rings is 2. The van der Waals surface area contributed by atoms with Gasteiger partial charge in [-0.25, -0.2) is 0 Å². The monoisotopic (exact) mass is 600 g/mol. The van der Waals surface area contributed by atoms with Gasteiger partial charge in [-0.15, -0.1) is 0 Å². The molecule has 3 aliphatic carbocycles. The molecular weight excluding hydrogens is 530 g/mol. The van der Waals surface area contributed by atoms with E-state index in [0.717, 1.165) is 59.6 Å². The second kappa shape index (κ2) is 15.1. The van der Waals surface area contributed by atoms with Crippen molar-refractivity contribution in [3.8, 4) is 0 Å². The van der Waals surface area contributed by atoms with E-state index in [9.17, 15) is 0 Å². The lowest BCUT2D eigenvalue weighted by Crippen LogP contribution is -2.60. The van der Waals surface area contributed by atoms with Crippen molar-refractivity contribution in [3.63, 3.8) is 0 Å². The maximum atomic E-state index is 3.42. The fourth-order valence-electron chi connectivity index (χ4n) is 10.5. The molecule has 10 unspecified atom stereocenters. The third kappa shape index (κ3) is 8.36. The molecule has 7 nitrogen and oxygen atoms in total. The molecule has 10 fully saturated rings. The molecule has 0 aromatic rings. The number of hydrogen-bond acceptors (Lipinski definition) is 7. The highest BCUT2D eigenvalue weighted by molar-refractivity contribution is 4.96. The smallest absolute Gasteiger partial charge is 0.0157 e. The van der Waals surface area contributed by atoms with Crippen LogP contribution in [0.25, 0.3) is 0 Å². The van der Waals surface area contributed by atoms with Gasteiger partial charge < -0.3 is 35.1 Å². The Hall–Kier alpha value is -0.280. The summed E-state index contributed by atoms with van der Waals surface area (Å²) in [5.74, 6) is 7.32. The van der Waals surface area contributed by atoms with Gasteiger partial charge in [-0.05, 0) is 135 Å². The molecule has 10 atom stereocenters. The largest absolute Gasteiger partial charge is 0.316 e. The minimum absolute atomic E-state index is 0.922. The van der Waals surface area contributed by atoms with Crippen molar-refractivity contribution < 1.29 is 0 Å². The molecule has 0 aromatic carbocycles. The Kier molecular flexibility index (Phi) is 11.5. The zero-order valence-electron chi connectivity index (χ0n) is 28.9. The summed E-state index contributed by atoms with van der Waals surface area (Å²) in [5, 5.41) is 6.83. The standard InChI is InChI=1S/2C8H15N.2C7H14N2.C6H11N/c2*1-9-6-7-4-2-3-5-8(7)9;1-9-4-6-2-8-3-7(6)5-9;1-9-5-6-4-8-3-2-7(6)9;1-7-3-5-2-6(5)4-7/h2*7-8H,2-6H2,1H3;2*6-8H,2-5H2,1H3;5-6H,2-4H2,1H3. The predicted octanol–water partition coefficient (Wildman–Crippen LogP) is 3.23. The summed E-state index contributed by atoms with van der Waals surface area (Å²) in [4.78, 5) is 12.3. The number of nitrogens with zero attached hydrogens (tertiary/aromatic N) is 5. The predicted molar refractivity (Wildman–Crippen MR) is 181 cm³/mol. The highest BCUT2D eigenvalue weighted by atomic mass is 15.2. The van der Waals surface area contributed by atoms with Crippen LogP contribution in [0.4, 0.5) is 0 Å². The van der Waals surface area contributed by atoms with Crippen molar-refractivity contribution in [2.24, 2.45) is 41.4 Å². The quantitative estimate of drug-likeness (QED) is 0.443. The first-order valence-electron chi connectivity index (χ1n) is 18.7. The Labute approximate surface area is 265 Å². The highest BCUT2D eigenvalue weighted by Gasteiger charge is 2.43. The average molecular weight is 600 g/mol. The van der Waals surface area contributed by atoms with E-state index in [2.05, 4.69) is 70.4 Å². The summed E-state index contributed by atoms with van der Waals surface area (Å²) < 4.78 is 0. The molecule has 7 heteroatoms. The third-order valence-corrected chi connectivity index (χ3v) is 13.3. The second-order valence-corrected chi connectivity index (χ2v) is 16.7. The van der Waals surface area contributed by atoms with E-state index in [1.165, 1.54) is 136 Å². The van der Waals surface area contributed by atoms with Crippen LogP contribution in [-0.4, -0.2) is 150 Å². The molecular formula is C36H69N7. The number of hydrogen-bond donors (Lipinski definition) is 2. The summed E-state index contributed by atoms with van der Waals surface area (Å²) in [6, 6.07) is 2.89. The van der Waals surface area contributed by atoms with Crippen molar-refractivity contribution in [2.45, 2.75) is 82.3 Å². The topological polar surface area (TPSA) is 40.3 Å². The summed E-state index contributed by atoms with van der Waals surface area (Å²) in [7, 11) is 11.2. The zero-order chi connectivity index (χ0) is 29.9. The molecule has 10 aliphatic rings. The van der Waals surface area contributed by atoms with Gasteiger partial charge in [-0.1, -0.05) is 25.7 Å². The zero-order valence-corrected chi connectivity index (χ0v) is 28.9. The van der Waals surface area contributed by atoms with Crippen molar-refractivity contribution in [1.29, 1.82) is 0 Å². The normalized spacial score (nSPS) is 44.6. The first kappa shape index (κ1) is 32.7. The molecule has 3 saturated carbocycles. The molecule has 7 aliphatic heterocycles. The van der Waals surface area contributed by atoms with Crippen LogP contribution >= 0.6 is 0 Å². The van der Waals surface area contributed by atoms with Gasteiger partial charge in [0.2, 0.25) is 0 Å². The molecule has 0 radical (unpaired) electrons. The van der Waals surface area contributed by atoms with Crippen LogP contribution in [0.1, 0.15) is 64.2 Å². The van der Waals surface area contributed by atoms with Crippen molar-refractivity contribution in [2.75, 3.05) is 107 Å². The minimum atomic E-state index is 0.922. The van der Waals surface area contributed by atoms with Crippen LogP contribution in [0.15, 0.2) is 0 Å². The van der Waals surface area contributed by atoms with Crippen LogP contribution in [0.3, 0.4) is 0 Å². The molecule has 7 heterocycles. The minimum Gasteiger partial charge on any atom is -0.316 e. The van der Waals surface area contributed by atoms with Crippen molar-refractivity contribution in [1.82, 2.24) is 35.1 Å². The van der Waals surface area contributed by atoms with E-state index in [1.54, 1.807) is 0 Å². The van der Waals surface area contributed by atoms with E-state index in [-0.39, 0.29) is 0 Å². The lowest BCUT2D eigenvalue weighted by Gasteiger charge is -2.49. The number of likely N-dealkylation sites (tertiary alicyclic amines) is 5. The summed E-state index contributed by atoms with van der Waals surface area (Å²) >= 11 is 0. The van der Waals surface area contributed by atoms with Crippen LogP contribution < -0.4 is 10.6 Å². The van der Waals surface area contributed by atoms with Gasteiger partial charge in [0.05, 0.1) is 0 Å². The molecule has 10 rings (SSSR count). The van der Waals surface area contributed by atoms with Crippen LogP contribution in [0, 0.1) is 41.4 Å². The lowest BCUT2D eigenvalue weighted by atomic mass is 9.77. The van der Waals surface area contributed by atoms with Gasteiger partial charge in [-0.2, -0.15) is 0 Å². The molecule has 7 saturated heterocycles. The SMILES string of the molecule is CN1CC2CC2C1.CN1CC2CCCCC21.CN1CC2CCCCC21.CN1CC2CNCC2C1.CN1CC2CNCCC21. The number of fused-ring (bicyclic) bond motifs is 5. The molecule has 43 heavy (non-hydrogen) atoms. The van der Waals surface area contributed by atoms with E-state index < -0.39 is 0 Å².